The van der Waals surface area contributed by atoms with E-state index in [1.54, 1.807) is 24.3 Å². The number of carbonyl (C=O) groups is 1. The third-order valence-corrected chi connectivity index (χ3v) is 1.64. The summed E-state index contributed by atoms with van der Waals surface area (Å²) >= 11 is 0. The molecule has 0 bridgehead atoms. The van der Waals surface area contributed by atoms with E-state index in [1.807, 2.05) is 0 Å². The number of carbonyl (C=O) groups excluding carboxylic acids is 1. The predicted molar refractivity (Wildman–Crippen MR) is 47.0 cm³/mol. The number of hydrogen-bond acceptors (Lipinski definition) is 2. The zero-order valence-corrected chi connectivity index (χ0v) is 6.60. The van der Waals surface area contributed by atoms with Gasteiger partial charge >= 0.3 is 0 Å². The maximum absolute atomic E-state index is 10.3. The van der Waals surface area contributed by atoms with Crippen molar-refractivity contribution in [2.24, 2.45) is 0 Å². The van der Waals surface area contributed by atoms with Crippen LogP contribution >= 0.6 is 0 Å². The molecular weight excluding hydrogens is 152 g/mol. The lowest BCUT2D eigenvalue weighted by Gasteiger charge is -2.04. The Balaban J connectivity index is 2.91. The minimum atomic E-state index is -0.647. The van der Waals surface area contributed by atoms with Gasteiger partial charge in [-0.05, 0) is 5.56 Å². The van der Waals surface area contributed by atoms with Gasteiger partial charge in [-0.1, -0.05) is 30.3 Å². The quantitative estimate of drug-likeness (QED) is 0.542. The second kappa shape index (κ2) is 3.83. The fraction of sp³-hybridized carbons (Fsp3) is 0.100. The Morgan fingerprint density at radius 3 is 2.33 bits per heavy atom. The molecule has 2 nitrogen and oxygen atoms in total. The topological polar surface area (TPSA) is 37.3 Å². The largest absolute Gasteiger partial charge is 0.384 e. The third kappa shape index (κ3) is 1.80. The molecule has 2 heteroatoms. The monoisotopic (exact) mass is 162 g/mol. The molecule has 1 N–H and O–H groups in total. The SMILES string of the molecule is C=CC(O)c1ccc(C=O)cc1. The van der Waals surface area contributed by atoms with E-state index < -0.39 is 6.10 Å². The molecule has 0 fully saturated rings. The van der Waals surface area contributed by atoms with Crippen LogP contribution in [-0.4, -0.2) is 11.4 Å². The molecule has 1 aromatic rings. The average Bonchev–Trinajstić information content (AvgIpc) is 2.17. The molecule has 0 spiro atoms. The Morgan fingerprint density at radius 1 is 1.33 bits per heavy atom. The summed E-state index contributed by atoms with van der Waals surface area (Å²) in [6.07, 6.45) is 1.56. The summed E-state index contributed by atoms with van der Waals surface area (Å²) in [5.74, 6) is 0. The third-order valence-electron chi connectivity index (χ3n) is 1.64. The van der Waals surface area contributed by atoms with E-state index in [1.165, 1.54) is 6.08 Å². The van der Waals surface area contributed by atoms with Crippen molar-refractivity contribution in [3.8, 4) is 0 Å². The number of aldehydes is 1. The van der Waals surface area contributed by atoms with Crippen molar-refractivity contribution in [2.45, 2.75) is 6.10 Å². The van der Waals surface area contributed by atoms with Gasteiger partial charge in [-0.2, -0.15) is 0 Å². The van der Waals surface area contributed by atoms with E-state index in [2.05, 4.69) is 6.58 Å². The van der Waals surface area contributed by atoms with E-state index in [0.29, 0.717) is 5.56 Å². The average molecular weight is 162 g/mol. The molecule has 12 heavy (non-hydrogen) atoms. The number of aliphatic hydroxyl groups excluding tert-OH is 1. The number of hydrogen-bond donors (Lipinski definition) is 1. The molecule has 1 unspecified atom stereocenters. The first-order valence-electron chi connectivity index (χ1n) is 3.63. The molecule has 62 valence electrons. The van der Waals surface area contributed by atoms with Crippen LogP contribution in [0.3, 0.4) is 0 Å². The van der Waals surface area contributed by atoms with Crippen molar-refractivity contribution in [1.82, 2.24) is 0 Å². The van der Waals surface area contributed by atoms with Gasteiger partial charge in [-0.3, -0.25) is 4.79 Å². The van der Waals surface area contributed by atoms with Crippen LogP contribution in [0.15, 0.2) is 36.9 Å². The minimum Gasteiger partial charge on any atom is -0.384 e. The normalized spacial score (nSPS) is 12.1. The van der Waals surface area contributed by atoms with Crippen LogP contribution in [0.4, 0.5) is 0 Å². The van der Waals surface area contributed by atoms with Crippen molar-refractivity contribution < 1.29 is 9.90 Å². The van der Waals surface area contributed by atoms with Gasteiger partial charge in [-0.25, -0.2) is 0 Å². The highest BCUT2D eigenvalue weighted by atomic mass is 16.3. The molecule has 1 atom stereocenters. The lowest BCUT2D eigenvalue weighted by Crippen LogP contribution is -1.92. The molecule has 0 radical (unpaired) electrons. The molecule has 0 aliphatic rings. The van der Waals surface area contributed by atoms with Crippen LogP contribution < -0.4 is 0 Å². The van der Waals surface area contributed by atoms with Crippen molar-refractivity contribution >= 4 is 6.29 Å². The summed E-state index contributed by atoms with van der Waals surface area (Å²) in [6, 6.07) is 6.73. The molecule has 0 saturated heterocycles. The fourth-order valence-electron chi connectivity index (χ4n) is 0.908. The van der Waals surface area contributed by atoms with Crippen LogP contribution in [-0.2, 0) is 0 Å². The van der Waals surface area contributed by atoms with Crippen LogP contribution in [0, 0.1) is 0 Å². The summed E-state index contributed by atoms with van der Waals surface area (Å²) in [7, 11) is 0. The standard InChI is InChI=1S/C10H10O2/c1-2-10(12)9-5-3-8(7-11)4-6-9/h2-7,10,12H,1H2. The summed E-state index contributed by atoms with van der Waals surface area (Å²) in [5, 5.41) is 9.29. The van der Waals surface area contributed by atoms with Gasteiger partial charge in [-0.15, -0.1) is 6.58 Å². The van der Waals surface area contributed by atoms with E-state index in [-0.39, 0.29) is 0 Å². The zero-order chi connectivity index (χ0) is 8.97. The van der Waals surface area contributed by atoms with Crippen LogP contribution in [0.2, 0.25) is 0 Å². The molecule has 1 rings (SSSR count). The Bertz CT molecular complexity index is 274. The zero-order valence-electron chi connectivity index (χ0n) is 6.60. The molecule has 0 saturated carbocycles. The van der Waals surface area contributed by atoms with E-state index in [0.717, 1.165) is 11.8 Å². The number of aliphatic hydroxyl groups is 1. The Hall–Kier alpha value is -1.41. The van der Waals surface area contributed by atoms with Crippen molar-refractivity contribution in [2.75, 3.05) is 0 Å². The number of benzene rings is 1. The fourth-order valence-corrected chi connectivity index (χ4v) is 0.908. The summed E-state index contributed by atoms with van der Waals surface area (Å²) in [6.45, 7) is 3.46. The second-order valence-electron chi connectivity index (χ2n) is 2.47. The second-order valence-corrected chi connectivity index (χ2v) is 2.47. The summed E-state index contributed by atoms with van der Waals surface area (Å²) in [4.78, 5) is 10.3. The van der Waals surface area contributed by atoms with E-state index >= 15 is 0 Å². The molecule has 0 amide bonds. The Labute approximate surface area is 71.2 Å². The highest BCUT2D eigenvalue weighted by molar-refractivity contribution is 5.74. The lowest BCUT2D eigenvalue weighted by atomic mass is 10.1. The lowest BCUT2D eigenvalue weighted by molar-refractivity contribution is 0.112. The molecule has 1 aromatic carbocycles. The first-order chi connectivity index (χ1) is 5.77. The maximum Gasteiger partial charge on any atom is 0.150 e. The van der Waals surface area contributed by atoms with Gasteiger partial charge in [0.25, 0.3) is 0 Å². The Morgan fingerprint density at radius 2 is 1.92 bits per heavy atom. The van der Waals surface area contributed by atoms with Gasteiger partial charge in [0.05, 0.1) is 6.10 Å². The first-order valence-corrected chi connectivity index (χ1v) is 3.63. The van der Waals surface area contributed by atoms with Gasteiger partial charge in [0.2, 0.25) is 0 Å². The van der Waals surface area contributed by atoms with Gasteiger partial charge in [0, 0.05) is 5.56 Å². The maximum atomic E-state index is 10.3. The van der Waals surface area contributed by atoms with Crippen LogP contribution in [0.1, 0.15) is 22.0 Å². The highest BCUT2D eigenvalue weighted by Crippen LogP contribution is 2.13. The van der Waals surface area contributed by atoms with Gasteiger partial charge in [0.15, 0.2) is 0 Å². The molecular formula is C10H10O2. The van der Waals surface area contributed by atoms with Gasteiger partial charge in [0.1, 0.15) is 6.29 Å². The van der Waals surface area contributed by atoms with Crippen LogP contribution in [0.5, 0.6) is 0 Å². The van der Waals surface area contributed by atoms with Gasteiger partial charge < -0.3 is 5.11 Å². The first kappa shape index (κ1) is 8.68. The van der Waals surface area contributed by atoms with Crippen molar-refractivity contribution in [3.63, 3.8) is 0 Å². The van der Waals surface area contributed by atoms with Crippen molar-refractivity contribution in [3.05, 3.63) is 48.0 Å². The molecule has 0 aromatic heterocycles. The highest BCUT2D eigenvalue weighted by Gasteiger charge is 2.00. The molecule has 0 heterocycles. The summed E-state index contributed by atoms with van der Waals surface area (Å²) < 4.78 is 0. The van der Waals surface area contributed by atoms with E-state index in [9.17, 15) is 9.90 Å². The Kier molecular flexibility index (Phi) is 2.77. The summed E-state index contributed by atoms with van der Waals surface area (Å²) in [5.41, 5.74) is 1.35. The molecule has 0 aliphatic heterocycles. The van der Waals surface area contributed by atoms with Crippen molar-refractivity contribution in [1.29, 1.82) is 0 Å². The predicted octanol–water partition coefficient (Wildman–Crippen LogP) is 1.72. The molecule has 0 aliphatic carbocycles. The number of rotatable bonds is 3. The van der Waals surface area contributed by atoms with E-state index in [4.69, 9.17) is 0 Å². The minimum absolute atomic E-state index is 0.606. The smallest absolute Gasteiger partial charge is 0.150 e. The van der Waals surface area contributed by atoms with Crippen LogP contribution in [0.25, 0.3) is 0 Å².